The second-order valence-corrected chi connectivity index (χ2v) is 7.94. The van der Waals surface area contributed by atoms with Gasteiger partial charge in [-0.1, -0.05) is 33.4 Å². The predicted molar refractivity (Wildman–Crippen MR) is 125 cm³/mol. The third-order valence-corrected chi connectivity index (χ3v) is 4.50. The minimum Gasteiger partial charge on any atom is -0.396 e. The van der Waals surface area contributed by atoms with E-state index in [0.717, 1.165) is 11.4 Å². The molecule has 0 aliphatic carbocycles. The molecule has 8 heteroatoms. The molecule has 0 aliphatic heterocycles. The van der Waals surface area contributed by atoms with Gasteiger partial charge in [-0.3, -0.25) is 0 Å². The number of nitrogens with zero attached hydrogens (tertiary/aromatic N) is 4. The molecule has 0 saturated carbocycles. The maximum absolute atomic E-state index is 13.8. The van der Waals surface area contributed by atoms with Crippen LogP contribution in [0.15, 0.2) is 72.6 Å². The van der Waals surface area contributed by atoms with Crippen molar-refractivity contribution in [1.29, 1.82) is 0 Å². The van der Waals surface area contributed by atoms with Crippen molar-refractivity contribution >= 4 is 28.8 Å². The topological polar surface area (TPSA) is 105 Å². The molecule has 1 heterocycles. The molecule has 0 atom stereocenters. The number of hydrogen-bond donors (Lipinski definition) is 3. The second-order valence-electron chi connectivity index (χ2n) is 7.94. The van der Waals surface area contributed by atoms with Gasteiger partial charge in [0.1, 0.15) is 11.7 Å². The highest BCUT2D eigenvalue weighted by Gasteiger charge is 2.17. The van der Waals surface area contributed by atoms with E-state index in [9.17, 15) is 4.39 Å². The lowest BCUT2D eigenvalue weighted by atomic mass is 9.96. The average Bonchev–Trinajstić information content (AvgIpc) is 2.74. The highest BCUT2D eigenvalue weighted by atomic mass is 19.1. The summed E-state index contributed by atoms with van der Waals surface area (Å²) in [5, 5.41) is 9.20. The molecular weight excluding hydrogens is 393 g/mol. The lowest BCUT2D eigenvalue weighted by Gasteiger charge is -2.21. The van der Waals surface area contributed by atoms with Crippen molar-refractivity contribution in [3.05, 3.63) is 73.3 Å². The van der Waals surface area contributed by atoms with Crippen molar-refractivity contribution in [2.24, 2.45) is 16.3 Å². The molecule has 0 fully saturated rings. The quantitative estimate of drug-likeness (QED) is 0.228. The molecule has 5 N–H and O–H groups in total. The Morgan fingerprint density at radius 1 is 1.16 bits per heavy atom. The van der Waals surface area contributed by atoms with Crippen molar-refractivity contribution in [2.45, 2.75) is 20.8 Å². The van der Waals surface area contributed by atoms with Crippen LogP contribution in [-0.4, -0.2) is 15.8 Å². The molecule has 3 aromatic rings. The van der Waals surface area contributed by atoms with Gasteiger partial charge in [0.05, 0.1) is 17.1 Å². The fraction of sp³-hybridized carbons (Fsp3) is 0.174. The van der Waals surface area contributed by atoms with Crippen LogP contribution in [-0.2, 0) is 0 Å². The zero-order chi connectivity index (χ0) is 22.6. The van der Waals surface area contributed by atoms with Crippen molar-refractivity contribution in [2.75, 3.05) is 16.1 Å². The van der Waals surface area contributed by atoms with Crippen molar-refractivity contribution in [1.82, 2.24) is 9.97 Å². The minimum absolute atomic E-state index is 0.0957. The van der Waals surface area contributed by atoms with E-state index < -0.39 is 5.82 Å². The molecule has 0 amide bonds. The number of hydrazone groups is 1. The summed E-state index contributed by atoms with van der Waals surface area (Å²) in [5.74, 6) is 0.403. The zero-order valence-corrected chi connectivity index (χ0v) is 17.8. The molecule has 0 spiro atoms. The Kier molecular flexibility index (Phi) is 6.20. The molecule has 1 aromatic heterocycles. The van der Waals surface area contributed by atoms with Crippen LogP contribution in [0.1, 0.15) is 20.8 Å². The van der Waals surface area contributed by atoms with Crippen LogP contribution in [0, 0.1) is 11.2 Å². The lowest BCUT2D eigenvalue weighted by Crippen LogP contribution is -2.31. The van der Waals surface area contributed by atoms with Gasteiger partial charge in [-0.05, 0) is 42.5 Å². The summed E-state index contributed by atoms with van der Waals surface area (Å²) in [6, 6.07) is 13.8. The second kappa shape index (κ2) is 8.83. The molecule has 7 nitrogen and oxygen atoms in total. The number of nitrogens with two attached hydrogens (primary N) is 2. The van der Waals surface area contributed by atoms with Crippen molar-refractivity contribution in [3.63, 3.8) is 0 Å². The molecule has 31 heavy (non-hydrogen) atoms. The van der Waals surface area contributed by atoms with Gasteiger partial charge in [0.25, 0.3) is 0 Å². The lowest BCUT2D eigenvalue weighted by molar-refractivity contribution is 0.581. The normalized spacial score (nSPS) is 11.8. The summed E-state index contributed by atoms with van der Waals surface area (Å²) in [5.41, 5.74) is 14.2. The van der Waals surface area contributed by atoms with Crippen molar-refractivity contribution < 1.29 is 4.39 Å². The fourth-order valence-corrected chi connectivity index (χ4v) is 2.56. The summed E-state index contributed by atoms with van der Waals surface area (Å²) in [6.07, 6.45) is 3.20. The fourth-order valence-electron chi connectivity index (χ4n) is 2.56. The number of amidine groups is 1. The van der Waals surface area contributed by atoms with Gasteiger partial charge in [-0.2, -0.15) is 5.10 Å². The molecular formula is C23H26FN7. The maximum atomic E-state index is 13.8. The van der Waals surface area contributed by atoms with Gasteiger partial charge >= 0.3 is 0 Å². The zero-order valence-electron chi connectivity index (χ0n) is 17.8. The van der Waals surface area contributed by atoms with Crippen LogP contribution >= 0.6 is 0 Å². The van der Waals surface area contributed by atoms with Crippen LogP contribution in [0.2, 0.25) is 0 Å². The van der Waals surface area contributed by atoms with E-state index >= 15 is 0 Å². The van der Waals surface area contributed by atoms with E-state index in [-0.39, 0.29) is 11.1 Å². The van der Waals surface area contributed by atoms with Crippen LogP contribution < -0.4 is 21.8 Å². The van der Waals surface area contributed by atoms with E-state index in [1.54, 1.807) is 29.5 Å². The molecule has 0 aliphatic rings. The molecule has 2 aromatic carbocycles. The number of benzene rings is 2. The number of hydrogen-bond acceptors (Lipinski definition) is 6. The van der Waals surface area contributed by atoms with Gasteiger partial charge in [-0.15, -0.1) is 0 Å². The first-order valence-electron chi connectivity index (χ1n) is 9.69. The van der Waals surface area contributed by atoms with E-state index in [4.69, 9.17) is 11.5 Å². The molecule has 160 valence electrons. The summed E-state index contributed by atoms with van der Waals surface area (Å²) in [4.78, 5) is 8.69. The van der Waals surface area contributed by atoms with Gasteiger partial charge < -0.3 is 16.8 Å². The summed E-state index contributed by atoms with van der Waals surface area (Å²) in [7, 11) is 0. The van der Waals surface area contributed by atoms with Crippen LogP contribution in [0.25, 0.3) is 11.3 Å². The highest BCUT2D eigenvalue weighted by molar-refractivity contribution is 5.86. The Morgan fingerprint density at radius 2 is 1.87 bits per heavy atom. The third kappa shape index (κ3) is 5.36. The monoisotopic (exact) mass is 419 g/mol. The minimum atomic E-state index is -0.484. The number of aromatic nitrogens is 2. The SMILES string of the molecule is C=CN(/N=C(\N)C(C)(C)C)c1ccc(Nc2nccc(-c3ccc(N)c(F)c3)n2)cc1. The van der Waals surface area contributed by atoms with E-state index in [2.05, 4.69) is 27.0 Å². The number of halogens is 1. The van der Waals surface area contributed by atoms with Crippen LogP contribution in [0.5, 0.6) is 0 Å². The summed E-state index contributed by atoms with van der Waals surface area (Å²) in [6.45, 7) is 9.79. The van der Waals surface area contributed by atoms with Gasteiger partial charge in [0.15, 0.2) is 0 Å². The number of anilines is 4. The first-order chi connectivity index (χ1) is 14.7. The highest BCUT2D eigenvalue weighted by Crippen LogP contribution is 2.24. The Labute approximate surface area is 181 Å². The van der Waals surface area contributed by atoms with Crippen LogP contribution in [0.3, 0.4) is 0 Å². The smallest absolute Gasteiger partial charge is 0.227 e. The first kappa shape index (κ1) is 21.8. The molecule has 3 rings (SSSR count). The maximum Gasteiger partial charge on any atom is 0.227 e. The molecule has 0 saturated heterocycles. The molecule has 0 radical (unpaired) electrons. The van der Waals surface area contributed by atoms with Gasteiger partial charge in [0, 0.05) is 29.1 Å². The standard InChI is InChI=1S/C23H26FN7/c1-5-31(30-21(26)23(2,3)4)17-9-7-16(8-10-17)28-22-27-13-12-20(29-22)15-6-11-19(25)18(24)14-15/h5-14H,1,25H2,2-4H3,(H2,26,30)(H,27,28,29). The van der Waals surface area contributed by atoms with E-state index in [1.807, 2.05) is 45.0 Å². The van der Waals surface area contributed by atoms with E-state index in [1.165, 1.54) is 12.1 Å². The molecule has 0 unspecified atom stereocenters. The Hall–Kier alpha value is -3.94. The van der Waals surface area contributed by atoms with Gasteiger partial charge in [-0.25, -0.2) is 19.4 Å². The average molecular weight is 420 g/mol. The predicted octanol–water partition coefficient (Wildman–Crippen LogP) is 4.88. The Balaban J connectivity index is 1.78. The van der Waals surface area contributed by atoms with E-state index in [0.29, 0.717) is 23.0 Å². The summed E-state index contributed by atoms with van der Waals surface area (Å²) < 4.78 is 13.8. The first-order valence-corrected chi connectivity index (χ1v) is 9.69. The van der Waals surface area contributed by atoms with Crippen molar-refractivity contribution in [3.8, 4) is 11.3 Å². The third-order valence-electron chi connectivity index (χ3n) is 4.50. The largest absolute Gasteiger partial charge is 0.396 e. The Morgan fingerprint density at radius 3 is 2.48 bits per heavy atom. The number of nitrogens with one attached hydrogen (secondary N) is 1. The number of rotatable bonds is 6. The summed E-state index contributed by atoms with van der Waals surface area (Å²) >= 11 is 0. The molecule has 0 bridgehead atoms. The van der Waals surface area contributed by atoms with Crippen LogP contribution in [0.4, 0.5) is 27.4 Å². The number of nitrogen functional groups attached to an aromatic ring is 1. The van der Waals surface area contributed by atoms with Gasteiger partial charge in [0.2, 0.25) is 5.95 Å². The Bertz CT molecular complexity index is 1100.